The van der Waals surface area contributed by atoms with Gasteiger partial charge in [-0.2, -0.15) is 5.10 Å². The molecule has 2 amide bonds. The summed E-state index contributed by atoms with van der Waals surface area (Å²) in [5, 5.41) is 19.4. The molecule has 1 rings (SSSR count). The van der Waals surface area contributed by atoms with Crippen LogP contribution in [0.15, 0.2) is 0 Å². The molecular weight excluding hydrogens is 256 g/mol. The van der Waals surface area contributed by atoms with Crippen LogP contribution in [0.4, 0.5) is 4.79 Å². The fourth-order valence-electron chi connectivity index (χ4n) is 2.04. The van der Waals surface area contributed by atoms with Gasteiger partial charge in [0.05, 0.1) is 11.3 Å². The van der Waals surface area contributed by atoms with Crippen molar-refractivity contribution in [2.45, 2.75) is 52.7 Å². The predicted octanol–water partition coefficient (Wildman–Crippen LogP) is 1.04. The molecular formula is C14H26N4O2. The van der Waals surface area contributed by atoms with Crippen LogP contribution in [-0.4, -0.2) is 39.1 Å². The van der Waals surface area contributed by atoms with E-state index >= 15 is 0 Å². The number of hydrogen-bond acceptors (Lipinski definition) is 3. The zero-order valence-electron chi connectivity index (χ0n) is 13.2. The quantitative estimate of drug-likeness (QED) is 0.755. The maximum Gasteiger partial charge on any atom is 0.315 e. The molecule has 0 fully saturated rings. The van der Waals surface area contributed by atoms with Gasteiger partial charge >= 0.3 is 6.03 Å². The topological polar surface area (TPSA) is 79.2 Å². The number of nitrogens with zero attached hydrogens (tertiary/aromatic N) is 2. The number of amides is 2. The van der Waals surface area contributed by atoms with Crippen molar-refractivity contribution in [2.75, 3.05) is 6.54 Å². The molecule has 1 aromatic rings. The Bertz CT molecular complexity index is 474. The van der Waals surface area contributed by atoms with E-state index in [1.807, 2.05) is 32.5 Å². The summed E-state index contributed by atoms with van der Waals surface area (Å²) in [4.78, 5) is 11.7. The number of urea groups is 1. The smallest absolute Gasteiger partial charge is 0.315 e. The van der Waals surface area contributed by atoms with Crippen molar-refractivity contribution < 1.29 is 9.90 Å². The molecule has 1 atom stereocenters. The van der Waals surface area contributed by atoms with Crippen LogP contribution >= 0.6 is 0 Å². The van der Waals surface area contributed by atoms with Crippen LogP contribution in [0.3, 0.4) is 0 Å². The number of hydrogen-bond donors (Lipinski definition) is 3. The first-order valence-corrected chi connectivity index (χ1v) is 6.86. The lowest BCUT2D eigenvalue weighted by atomic mass is 10.1. The van der Waals surface area contributed by atoms with Gasteiger partial charge in [0.2, 0.25) is 0 Å². The molecule has 0 saturated carbocycles. The molecule has 0 bridgehead atoms. The van der Waals surface area contributed by atoms with Crippen molar-refractivity contribution >= 4 is 6.03 Å². The summed E-state index contributed by atoms with van der Waals surface area (Å²) in [6.07, 6.45) is 0.738. The molecule has 0 saturated heterocycles. The van der Waals surface area contributed by atoms with Gasteiger partial charge in [-0.25, -0.2) is 4.79 Å². The summed E-state index contributed by atoms with van der Waals surface area (Å²) in [6, 6.07) is -0.266. The first-order valence-electron chi connectivity index (χ1n) is 6.86. The minimum Gasteiger partial charge on any atom is -0.389 e. The van der Waals surface area contributed by atoms with Gasteiger partial charge in [0, 0.05) is 25.3 Å². The minimum atomic E-state index is -0.906. The molecule has 0 spiro atoms. The zero-order chi connectivity index (χ0) is 15.5. The molecule has 6 heteroatoms. The van der Waals surface area contributed by atoms with E-state index in [1.165, 1.54) is 5.56 Å². The van der Waals surface area contributed by atoms with Crippen LogP contribution in [0.5, 0.6) is 0 Å². The van der Waals surface area contributed by atoms with E-state index in [0.717, 1.165) is 17.8 Å². The van der Waals surface area contributed by atoms with E-state index in [2.05, 4.69) is 15.7 Å². The summed E-state index contributed by atoms with van der Waals surface area (Å²) < 4.78 is 1.85. The predicted molar refractivity (Wildman–Crippen MR) is 78.7 cm³/mol. The maximum atomic E-state index is 11.7. The molecule has 3 N–H and O–H groups in total. The maximum absolute atomic E-state index is 11.7. The lowest BCUT2D eigenvalue weighted by molar-refractivity contribution is 0.0818. The summed E-state index contributed by atoms with van der Waals surface area (Å²) in [7, 11) is 1.92. The van der Waals surface area contributed by atoms with Crippen LogP contribution in [0.1, 0.15) is 37.7 Å². The second-order valence-corrected chi connectivity index (χ2v) is 6.02. The van der Waals surface area contributed by atoms with Gasteiger partial charge in [0.25, 0.3) is 0 Å². The highest BCUT2D eigenvalue weighted by Gasteiger charge is 2.17. The van der Waals surface area contributed by atoms with E-state index in [-0.39, 0.29) is 18.6 Å². The Hall–Kier alpha value is -1.56. The Morgan fingerprint density at radius 3 is 2.50 bits per heavy atom. The lowest BCUT2D eigenvalue weighted by Crippen LogP contribution is -2.46. The summed E-state index contributed by atoms with van der Waals surface area (Å²) in [6.45, 7) is 9.48. The molecule has 0 radical (unpaired) electrons. The third kappa shape index (κ3) is 4.85. The van der Waals surface area contributed by atoms with Crippen molar-refractivity contribution in [3.63, 3.8) is 0 Å². The Labute approximate surface area is 120 Å². The first kappa shape index (κ1) is 16.5. The van der Waals surface area contributed by atoms with Gasteiger partial charge in [-0.15, -0.1) is 0 Å². The number of carbonyl (C=O) groups is 1. The monoisotopic (exact) mass is 282 g/mol. The SMILES string of the molecule is Cc1nn(C)c(C)c1C[C@H](C)NC(=O)NCC(C)(C)O. The van der Waals surface area contributed by atoms with E-state index in [4.69, 9.17) is 0 Å². The van der Waals surface area contributed by atoms with Crippen LogP contribution in [0.2, 0.25) is 0 Å². The van der Waals surface area contributed by atoms with E-state index < -0.39 is 5.60 Å². The highest BCUT2D eigenvalue weighted by molar-refractivity contribution is 5.74. The van der Waals surface area contributed by atoms with Gasteiger partial charge in [-0.3, -0.25) is 4.68 Å². The number of nitrogens with one attached hydrogen (secondary N) is 2. The third-order valence-electron chi connectivity index (χ3n) is 3.23. The van der Waals surface area contributed by atoms with Crippen LogP contribution in [0.25, 0.3) is 0 Å². The molecule has 114 valence electrons. The normalized spacial score (nSPS) is 13.2. The molecule has 1 aromatic heterocycles. The average molecular weight is 282 g/mol. The first-order chi connectivity index (χ1) is 9.10. The van der Waals surface area contributed by atoms with Crippen LogP contribution < -0.4 is 10.6 Å². The Balaban J connectivity index is 2.51. The van der Waals surface area contributed by atoms with Gasteiger partial charge in [0.1, 0.15) is 0 Å². The Kier molecular flexibility index (Phi) is 5.16. The zero-order valence-corrected chi connectivity index (χ0v) is 13.2. The van der Waals surface area contributed by atoms with Crippen molar-refractivity contribution in [1.29, 1.82) is 0 Å². The third-order valence-corrected chi connectivity index (χ3v) is 3.23. The summed E-state index contributed by atoms with van der Waals surface area (Å²) >= 11 is 0. The number of aromatic nitrogens is 2. The van der Waals surface area contributed by atoms with E-state index in [1.54, 1.807) is 13.8 Å². The number of carbonyl (C=O) groups excluding carboxylic acids is 1. The van der Waals surface area contributed by atoms with E-state index in [9.17, 15) is 9.90 Å². The molecule has 0 aliphatic rings. The minimum absolute atomic E-state index is 0.00148. The van der Waals surface area contributed by atoms with Gasteiger partial charge in [-0.05, 0) is 46.6 Å². The summed E-state index contributed by atoms with van der Waals surface area (Å²) in [5.74, 6) is 0. The molecule has 20 heavy (non-hydrogen) atoms. The number of rotatable bonds is 5. The Morgan fingerprint density at radius 1 is 1.45 bits per heavy atom. The van der Waals surface area contributed by atoms with E-state index in [0.29, 0.717) is 0 Å². The number of aryl methyl sites for hydroxylation is 2. The van der Waals surface area contributed by atoms with Crippen LogP contribution in [0, 0.1) is 13.8 Å². The fourth-order valence-corrected chi connectivity index (χ4v) is 2.04. The standard InChI is InChI=1S/C14H26N4O2/c1-9(16-13(19)15-8-14(4,5)20)7-12-10(2)17-18(6)11(12)3/h9,20H,7-8H2,1-6H3,(H2,15,16,19)/t9-/m0/s1. The second-order valence-electron chi connectivity index (χ2n) is 6.02. The number of aliphatic hydroxyl groups is 1. The fraction of sp³-hybridized carbons (Fsp3) is 0.714. The van der Waals surface area contributed by atoms with Crippen molar-refractivity contribution in [3.05, 3.63) is 17.0 Å². The van der Waals surface area contributed by atoms with Crippen molar-refractivity contribution in [1.82, 2.24) is 20.4 Å². The van der Waals surface area contributed by atoms with Crippen LogP contribution in [-0.2, 0) is 13.5 Å². The largest absolute Gasteiger partial charge is 0.389 e. The molecule has 0 unspecified atom stereocenters. The van der Waals surface area contributed by atoms with Gasteiger partial charge in [0.15, 0.2) is 0 Å². The van der Waals surface area contributed by atoms with Gasteiger partial charge in [-0.1, -0.05) is 0 Å². The molecule has 6 nitrogen and oxygen atoms in total. The molecule has 0 aromatic carbocycles. The van der Waals surface area contributed by atoms with Crippen molar-refractivity contribution in [3.8, 4) is 0 Å². The molecule has 0 aliphatic heterocycles. The molecule has 1 heterocycles. The average Bonchev–Trinajstić information content (AvgIpc) is 2.52. The highest BCUT2D eigenvalue weighted by Crippen LogP contribution is 2.14. The summed E-state index contributed by atoms with van der Waals surface area (Å²) in [5.41, 5.74) is 2.38. The highest BCUT2D eigenvalue weighted by atomic mass is 16.3. The van der Waals surface area contributed by atoms with Crippen molar-refractivity contribution in [2.24, 2.45) is 7.05 Å². The Morgan fingerprint density at radius 2 is 2.05 bits per heavy atom. The molecule has 0 aliphatic carbocycles. The van der Waals surface area contributed by atoms with Gasteiger partial charge < -0.3 is 15.7 Å². The lowest BCUT2D eigenvalue weighted by Gasteiger charge is -2.20. The second kappa shape index (κ2) is 6.26.